The van der Waals surface area contributed by atoms with Crippen molar-refractivity contribution in [2.24, 2.45) is 0 Å². The SMILES string of the molecule is C[C@@H]1OC(=O)Nc2ncnc(Cl)c21. The second-order valence-electron chi connectivity index (χ2n) is 2.60. The highest BCUT2D eigenvalue weighted by atomic mass is 35.5. The molecule has 1 N–H and O–H groups in total. The van der Waals surface area contributed by atoms with E-state index >= 15 is 0 Å². The highest BCUT2D eigenvalue weighted by Gasteiger charge is 2.26. The Bertz CT molecular complexity index is 369. The van der Waals surface area contributed by atoms with Gasteiger partial charge >= 0.3 is 6.09 Å². The molecule has 1 amide bonds. The van der Waals surface area contributed by atoms with E-state index in [0.29, 0.717) is 16.5 Å². The number of fused-ring (bicyclic) bond motifs is 1. The van der Waals surface area contributed by atoms with Gasteiger partial charge in [0, 0.05) is 0 Å². The smallest absolute Gasteiger partial charge is 0.413 e. The summed E-state index contributed by atoms with van der Waals surface area (Å²) in [5.74, 6) is 0.420. The second kappa shape index (κ2) is 2.85. The lowest BCUT2D eigenvalue weighted by atomic mass is 10.2. The van der Waals surface area contributed by atoms with Crippen LogP contribution in [0.2, 0.25) is 5.15 Å². The molecule has 0 fully saturated rings. The van der Waals surface area contributed by atoms with Gasteiger partial charge in [0.25, 0.3) is 0 Å². The average Bonchev–Trinajstić information content (AvgIpc) is 2.02. The van der Waals surface area contributed by atoms with Crippen molar-refractivity contribution in [2.45, 2.75) is 13.0 Å². The molecule has 0 aliphatic carbocycles. The van der Waals surface area contributed by atoms with Crippen LogP contribution in [0.1, 0.15) is 18.6 Å². The van der Waals surface area contributed by atoms with E-state index < -0.39 is 12.2 Å². The molecule has 0 spiro atoms. The van der Waals surface area contributed by atoms with Gasteiger partial charge in [0.05, 0.1) is 5.56 Å². The molecule has 1 aliphatic rings. The van der Waals surface area contributed by atoms with E-state index in [0.717, 1.165) is 0 Å². The zero-order chi connectivity index (χ0) is 9.42. The molecule has 68 valence electrons. The van der Waals surface area contributed by atoms with E-state index in [4.69, 9.17) is 16.3 Å². The van der Waals surface area contributed by atoms with E-state index in [-0.39, 0.29) is 0 Å². The summed E-state index contributed by atoms with van der Waals surface area (Å²) in [7, 11) is 0. The zero-order valence-electron chi connectivity index (χ0n) is 6.74. The van der Waals surface area contributed by atoms with Gasteiger partial charge < -0.3 is 4.74 Å². The molecule has 0 unspecified atom stereocenters. The lowest BCUT2D eigenvalue weighted by Crippen LogP contribution is -2.24. The minimum atomic E-state index is -0.519. The van der Waals surface area contributed by atoms with Crippen molar-refractivity contribution in [2.75, 3.05) is 5.32 Å². The normalized spacial score (nSPS) is 20.2. The van der Waals surface area contributed by atoms with Crippen molar-refractivity contribution in [3.05, 3.63) is 17.0 Å². The van der Waals surface area contributed by atoms with Crippen molar-refractivity contribution in [1.29, 1.82) is 0 Å². The topological polar surface area (TPSA) is 64.1 Å². The van der Waals surface area contributed by atoms with Crippen LogP contribution in [0.15, 0.2) is 6.33 Å². The molecule has 1 aliphatic heterocycles. The van der Waals surface area contributed by atoms with Gasteiger partial charge in [-0.2, -0.15) is 0 Å². The predicted octanol–water partition coefficient (Wildman–Crippen LogP) is 1.75. The molecular weight excluding hydrogens is 194 g/mol. The minimum Gasteiger partial charge on any atom is -0.441 e. The average molecular weight is 200 g/mol. The molecule has 1 aromatic heterocycles. The van der Waals surface area contributed by atoms with Crippen molar-refractivity contribution in [3.8, 4) is 0 Å². The van der Waals surface area contributed by atoms with Crippen LogP contribution in [-0.2, 0) is 4.74 Å². The molecular formula is C7H6ClN3O2. The Hall–Kier alpha value is -1.36. The monoisotopic (exact) mass is 199 g/mol. The number of nitrogens with one attached hydrogen (secondary N) is 1. The zero-order valence-corrected chi connectivity index (χ0v) is 7.50. The number of cyclic esters (lactones) is 1. The van der Waals surface area contributed by atoms with Crippen molar-refractivity contribution in [3.63, 3.8) is 0 Å². The molecule has 6 heteroatoms. The summed E-state index contributed by atoms with van der Waals surface area (Å²) in [4.78, 5) is 18.6. The number of hydrogen-bond donors (Lipinski definition) is 1. The van der Waals surface area contributed by atoms with E-state index in [1.165, 1.54) is 6.33 Å². The van der Waals surface area contributed by atoms with Gasteiger partial charge in [0.2, 0.25) is 0 Å². The molecule has 0 saturated carbocycles. The summed E-state index contributed by atoms with van der Waals surface area (Å²) >= 11 is 5.80. The Kier molecular flexibility index (Phi) is 1.81. The number of anilines is 1. The first-order chi connectivity index (χ1) is 6.18. The third-order valence-corrected chi connectivity index (χ3v) is 2.05. The van der Waals surface area contributed by atoms with Gasteiger partial charge in [0.1, 0.15) is 23.4 Å². The van der Waals surface area contributed by atoms with Gasteiger partial charge in [0.15, 0.2) is 0 Å². The minimum absolute atomic E-state index is 0.303. The lowest BCUT2D eigenvalue weighted by molar-refractivity contribution is 0.116. The number of aromatic nitrogens is 2. The van der Waals surface area contributed by atoms with E-state index in [2.05, 4.69) is 15.3 Å². The first kappa shape index (κ1) is 8.25. The summed E-state index contributed by atoms with van der Waals surface area (Å²) in [5, 5.41) is 2.74. The Labute approximate surface area is 79.1 Å². The molecule has 2 heterocycles. The molecule has 1 atom stereocenters. The number of nitrogens with zero attached hydrogens (tertiary/aromatic N) is 2. The Morgan fingerprint density at radius 1 is 1.62 bits per heavy atom. The molecule has 0 bridgehead atoms. The summed E-state index contributed by atoms with van der Waals surface area (Å²) in [6.07, 6.45) is 0.367. The fourth-order valence-corrected chi connectivity index (χ4v) is 1.47. The van der Waals surface area contributed by atoms with Crippen LogP contribution < -0.4 is 5.32 Å². The third-order valence-electron chi connectivity index (χ3n) is 1.75. The van der Waals surface area contributed by atoms with Gasteiger partial charge in [-0.15, -0.1) is 0 Å². The van der Waals surface area contributed by atoms with Gasteiger partial charge in [-0.05, 0) is 6.92 Å². The molecule has 0 radical (unpaired) electrons. The number of rotatable bonds is 0. The number of ether oxygens (including phenoxy) is 1. The maximum absolute atomic E-state index is 10.9. The van der Waals surface area contributed by atoms with E-state index in [9.17, 15) is 4.79 Å². The maximum Gasteiger partial charge on any atom is 0.413 e. The fraction of sp³-hybridized carbons (Fsp3) is 0.286. The number of carbonyl (C=O) groups is 1. The first-order valence-electron chi connectivity index (χ1n) is 3.66. The standard InChI is InChI=1S/C7H6ClN3O2/c1-3-4-5(8)9-2-10-6(4)11-7(12)13-3/h2-3H,1H3,(H,9,10,11,12)/t3-/m0/s1. The predicted molar refractivity (Wildman–Crippen MR) is 45.6 cm³/mol. The molecule has 0 aromatic carbocycles. The van der Waals surface area contributed by atoms with Gasteiger partial charge in [-0.3, -0.25) is 5.32 Å². The lowest BCUT2D eigenvalue weighted by Gasteiger charge is -2.22. The van der Waals surface area contributed by atoms with Crippen LogP contribution in [0.5, 0.6) is 0 Å². The van der Waals surface area contributed by atoms with E-state index in [1.54, 1.807) is 6.92 Å². The first-order valence-corrected chi connectivity index (χ1v) is 4.04. The largest absolute Gasteiger partial charge is 0.441 e. The van der Waals surface area contributed by atoms with Crippen molar-refractivity contribution in [1.82, 2.24) is 9.97 Å². The number of carbonyl (C=O) groups excluding carboxylic acids is 1. The molecule has 2 rings (SSSR count). The molecule has 5 nitrogen and oxygen atoms in total. The second-order valence-corrected chi connectivity index (χ2v) is 2.96. The van der Waals surface area contributed by atoms with Crippen LogP contribution >= 0.6 is 11.6 Å². The number of halogens is 1. The molecule has 13 heavy (non-hydrogen) atoms. The van der Waals surface area contributed by atoms with Crippen LogP contribution in [-0.4, -0.2) is 16.1 Å². The quantitative estimate of drug-likeness (QED) is 0.647. The fourth-order valence-electron chi connectivity index (χ4n) is 1.18. The van der Waals surface area contributed by atoms with Crippen molar-refractivity contribution >= 4 is 23.5 Å². The van der Waals surface area contributed by atoms with Gasteiger partial charge in [-0.25, -0.2) is 14.8 Å². The summed E-state index contributed by atoms with van der Waals surface area (Å²) in [5.41, 5.74) is 0.615. The van der Waals surface area contributed by atoms with Crippen LogP contribution in [0.3, 0.4) is 0 Å². The Morgan fingerprint density at radius 3 is 3.15 bits per heavy atom. The third kappa shape index (κ3) is 1.31. The van der Waals surface area contributed by atoms with Crippen LogP contribution in [0.25, 0.3) is 0 Å². The summed E-state index contributed by atoms with van der Waals surface area (Å²) in [6.45, 7) is 1.72. The van der Waals surface area contributed by atoms with Crippen LogP contribution in [0.4, 0.5) is 10.6 Å². The van der Waals surface area contributed by atoms with Crippen LogP contribution in [0, 0.1) is 0 Å². The Morgan fingerprint density at radius 2 is 2.38 bits per heavy atom. The van der Waals surface area contributed by atoms with E-state index in [1.807, 2.05) is 0 Å². The number of hydrogen-bond acceptors (Lipinski definition) is 4. The maximum atomic E-state index is 10.9. The number of amides is 1. The molecule has 1 aromatic rings. The summed E-state index contributed by atoms with van der Waals surface area (Å²) in [6, 6.07) is 0. The van der Waals surface area contributed by atoms with Gasteiger partial charge in [-0.1, -0.05) is 11.6 Å². The highest BCUT2D eigenvalue weighted by molar-refractivity contribution is 6.30. The summed E-state index contributed by atoms with van der Waals surface area (Å²) < 4.78 is 4.88. The van der Waals surface area contributed by atoms with Crippen molar-refractivity contribution < 1.29 is 9.53 Å². The highest BCUT2D eigenvalue weighted by Crippen LogP contribution is 2.32. The Balaban J connectivity index is 2.55. The molecule has 0 saturated heterocycles.